The number of aliphatic imine (C=N–C) groups is 1. The lowest BCUT2D eigenvalue weighted by Gasteiger charge is -2.22. The second-order valence-corrected chi connectivity index (χ2v) is 7.06. The maximum Gasteiger partial charge on any atom is 0.244 e. The first-order chi connectivity index (χ1) is 11.0. The molecule has 2 N–H and O–H groups in total. The van der Waals surface area contributed by atoms with Gasteiger partial charge in [0.15, 0.2) is 5.96 Å². The maximum absolute atomic E-state index is 12.2. The van der Waals surface area contributed by atoms with Crippen LogP contribution in [0.15, 0.2) is 4.99 Å². The van der Waals surface area contributed by atoms with Gasteiger partial charge in [-0.25, -0.2) is 4.99 Å². The minimum atomic E-state index is 0. The first-order valence-corrected chi connectivity index (χ1v) is 9.08. The van der Waals surface area contributed by atoms with E-state index in [-0.39, 0.29) is 36.4 Å². The Morgan fingerprint density at radius 3 is 2.46 bits per heavy atom. The number of nitrogens with one attached hydrogen (secondary N) is 2. The molecule has 0 aliphatic carbocycles. The summed E-state index contributed by atoms with van der Waals surface area (Å²) in [5.41, 5.74) is 0. The van der Waals surface area contributed by atoms with E-state index >= 15 is 0 Å². The molecule has 2 saturated heterocycles. The van der Waals surface area contributed by atoms with Gasteiger partial charge in [-0.05, 0) is 39.5 Å². The van der Waals surface area contributed by atoms with Crippen LogP contribution in [0.1, 0.15) is 40.5 Å². The standard InChI is InChI=1S/C17H33N5O.HI/c1-5-18-17(19-10-16(23)21-8-6-7-9-21)20-15-12-22(13(2)3)11-14(15)4;/h13-15H,5-12H2,1-4H3,(H2,18,19,20);1H. The van der Waals surface area contributed by atoms with Gasteiger partial charge in [-0.15, -0.1) is 24.0 Å². The molecule has 0 aromatic carbocycles. The average molecular weight is 451 g/mol. The molecular formula is C17H34IN5O. The number of guanidine groups is 1. The Balaban J connectivity index is 0.00000288. The predicted molar refractivity (Wildman–Crippen MR) is 110 cm³/mol. The zero-order valence-corrected chi connectivity index (χ0v) is 17.9. The number of hydrogen-bond acceptors (Lipinski definition) is 3. The van der Waals surface area contributed by atoms with Crippen LogP contribution >= 0.6 is 24.0 Å². The zero-order valence-electron chi connectivity index (χ0n) is 15.5. The Kier molecular flexibility index (Phi) is 9.33. The third-order valence-corrected chi connectivity index (χ3v) is 4.87. The molecule has 1 amide bonds. The topological polar surface area (TPSA) is 60.0 Å². The molecule has 0 aromatic heterocycles. The summed E-state index contributed by atoms with van der Waals surface area (Å²) in [6.07, 6.45) is 2.25. The van der Waals surface area contributed by atoms with E-state index in [9.17, 15) is 4.79 Å². The summed E-state index contributed by atoms with van der Waals surface area (Å²) in [4.78, 5) is 21.1. The molecule has 0 radical (unpaired) electrons. The van der Waals surface area contributed by atoms with Gasteiger partial charge < -0.3 is 15.5 Å². The number of rotatable bonds is 5. The van der Waals surface area contributed by atoms with Gasteiger partial charge >= 0.3 is 0 Å². The quantitative estimate of drug-likeness (QED) is 0.378. The van der Waals surface area contributed by atoms with Crippen molar-refractivity contribution in [3.05, 3.63) is 0 Å². The molecule has 2 aliphatic rings. The van der Waals surface area contributed by atoms with E-state index in [1.165, 1.54) is 0 Å². The van der Waals surface area contributed by atoms with E-state index in [1.807, 2.05) is 4.90 Å². The summed E-state index contributed by atoms with van der Waals surface area (Å²) in [7, 11) is 0. The second kappa shape index (κ2) is 10.4. The van der Waals surface area contributed by atoms with Crippen LogP contribution in [-0.2, 0) is 4.79 Å². The molecule has 24 heavy (non-hydrogen) atoms. The molecule has 2 unspecified atom stereocenters. The number of amides is 1. The van der Waals surface area contributed by atoms with Crippen LogP contribution in [0.25, 0.3) is 0 Å². The number of carbonyl (C=O) groups is 1. The van der Waals surface area contributed by atoms with E-state index in [0.29, 0.717) is 18.0 Å². The minimum absolute atomic E-state index is 0. The summed E-state index contributed by atoms with van der Waals surface area (Å²) < 4.78 is 0. The van der Waals surface area contributed by atoms with Gasteiger partial charge in [0.25, 0.3) is 0 Å². The van der Waals surface area contributed by atoms with Crippen molar-refractivity contribution in [1.82, 2.24) is 20.4 Å². The van der Waals surface area contributed by atoms with Crippen molar-refractivity contribution in [3.63, 3.8) is 0 Å². The summed E-state index contributed by atoms with van der Waals surface area (Å²) in [6, 6.07) is 0.956. The summed E-state index contributed by atoms with van der Waals surface area (Å²) in [6.45, 7) is 13.8. The van der Waals surface area contributed by atoms with E-state index in [1.54, 1.807) is 0 Å². The fourth-order valence-corrected chi connectivity index (χ4v) is 3.32. The number of nitrogens with zero attached hydrogens (tertiary/aromatic N) is 3. The molecule has 6 nitrogen and oxygen atoms in total. The molecule has 0 spiro atoms. The van der Waals surface area contributed by atoms with Crippen molar-refractivity contribution >= 4 is 35.8 Å². The number of halogens is 1. The molecule has 0 aromatic rings. The van der Waals surface area contributed by atoms with Gasteiger partial charge in [-0.3, -0.25) is 9.69 Å². The van der Waals surface area contributed by atoms with Crippen LogP contribution in [0, 0.1) is 5.92 Å². The van der Waals surface area contributed by atoms with Gasteiger partial charge in [-0.2, -0.15) is 0 Å². The van der Waals surface area contributed by atoms with Crippen LogP contribution in [-0.4, -0.2) is 73.0 Å². The molecule has 0 saturated carbocycles. The SMILES string of the molecule is CCNC(=NCC(=O)N1CCCC1)NC1CN(C(C)C)CC1C.I. The monoisotopic (exact) mass is 451 g/mol. The van der Waals surface area contributed by atoms with Crippen LogP contribution in [0.4, 0.5) is 0 Å². The first kappa shape index (κ1) is 21.5. The van der Waals surface area contributed by atoms with Crippen LogP contribution in [0.2, 0.25) is 0 Å². The highest BCUT2D eigenvalue weighted by molar-refractivity contribution is 14.0. The first-order valence-electron chi connectivity index (χ1n) is 9.08. The molecule has 140 valence electrons. The van der Waals surface area contributed by atoms with Crippen molar-refractivity contribution in [2.45, 2.75) is 52.6 Å². The summed E-state index contributed by atoms with van der Waals surface area (Å²) >= 11 is 0. The highest BCUT2D eigenvalue weighted by Crippen LogP contribution is 2.18. The average Bonchev–Trinajstić information content (AvgIpc) is 3.15. The molecule has 2 fully saturated rings. The van der Waals surface area contributed by atoms with Crippen molar-refractivity contribution < 1.29 is 4.79 Å². The van der Waals surface area contributed by atoms with Gasteiger partial charge in [0.2, 0.25) is 5.91 Å². The molecular weight excluding hydrogens is 417 g/mol. The van der Waals surface area contributed by atoms with Gasteiger partial charge in [-0.1, -0.05) is 6.92 Å². The number of carbonyl (C=O) groups excluding carboxylic acids is 1. The fourth-order valence-electron chi connectivity index (χ4n) is 3.32. The highest BCUT2D eigenvalue weighted by atomic mass is 127. The van der Waals surface area contributed by atoms with Crippen molar-refractivity contribution in [2.75, 3.05) is 39.3 Å². The minimum Gasteiger partial charge on any atom is -0.357 e. The Morgan fingerprint density at radius 1 is 1.25 bits per heavy atom. The molecule has 7 heteroatoms. The molecule has 2 aliphatic heterocycles. The number of hydrogen-bond donors (Lipinski definition) is 2. The Morgan fingerprint density at radius 2 is 1.92 bits per heavy atom. The van der Waals surface area contributed by atoms with Gasteiger partial charge in [0.05, 0.1) is 0 Å². The second-order valence-electron chi connectivity index (χ2n) is 7.06. The highest BCUT2D eigenvalue weighted by Gasteiger charge is 2.31. The van der Waals surface area contributed by atoms with E-state index in [2.05, 4.69) is 48.2 Å². The van der Waals surface area contributed by atoms with Crippen molar-refractivity contribution in [2.24, 2.45) is 10.9 Å². The maximum atomic E-state index is 12.2. The predicted octanol–water partition coefficient (Wildman–Crippen LogP) is 1.51. The Hall–Kier alpha value is -0.570. The Labute approximate surface area is 163 Å². The number of likely N-dealkylation sites (tertiary alicyclic amines) is 2. The summed E-state index contributed by atoms with van der Waals surface area (Å²) in [5.74, 6) is 1.49. The van der Waals surface area contributed by atoms with Gasteiger partial charge in [0.1, 0.15) is 6.54 Å². The molecule has 2 atom stereocenters. The summed E-state index contributed by atoms with van der Waals surface area (Å²) in [5, 5.41) is 6.79. The fraction of sp³-hybridized carbons (Fsp3) is 0.882. The third-order valence-electron chi connectivity index (χ3n) is 4.87. The van der Waals surface area contributed by atoms with Crippen LogP contribution in [0.5, 0.6) is 0 Å². The van der Waals surface area contributed by atoms with Crippen molar-refractivity contribution in [1.29, 1.82) is 0 Å². The lowest BCUT2D eigenvalue weighted by atomic mass is 10.1. The largest absolute Gasteiger partial charge is 0.357 e. The Bertz CT molecular complexity index is 423. The smallest absolute Gasteiger partial charge is 0.244 e. The van der Waals surface area contributed by atoms with Crippen LogP contribution in [0.3, 0.4) is 0 Å². The van der Waals surface area contributed by atoms with E-state index in [4.69, 9.17) is 0 Å². The van der Waals surface area contributed by atoms with Gasteiger partial charge in [0, 0.05) is 44.8 Å². The zero-order chi connectivity index (χ0) is 16.8. The lowest BCUT2D eigenvalue weighted by molar-refractivity contribution is -0.128. The van der Waals surface area contributed by atoms with Crippen molar-refractivity contribution in [3.8, 4) is 0 Å². The normalized spacial score (nSPS) is 25.0. The molecule has 2 rings (SSSR count). The van der Waals surface area contributed by atoms with E-state index in [0.717, 1.165) is 51.5 Å². The lowest BCUT2D eigenvalue weighted by Crippen LogP contribution is -2.47. The van der Waals surface area contributed by atoms with Crippen LogP contribution < -0.4 is 10.6 Å². The third kappa shape index (κ3) is 6.06. The molecule has 2 heterocycles. The van der Waals surface area contributed by atoms with E-state index < -0.39 is 0 Å². The molecule has 0 bridgehead atoms.